The molecule has 17 heavy (non-hydrogen) atoms. The van der Waals surface area contributed by atoms with Gasteiger partial charge in [0.15, 0.2) is 0 Å². The third-order valence-electron chi connectivity index (χ3n) is 2.43. The van der Waals surface area contributed by atoms with E-state index >= 15 is 0 Å². The van der Waals surface area contributed by atoms with Gasteiger partial charge in [0, 0.05) is 12.6 Å². The number of aliphatic hydroxyl groups excluding tert-OH is 1. The Hall–Kier alpha value is -0.520. The van der Waals surface area contributed by atoms with Crippen LogP contribution in [0.5, 0.6) is 0 Å². The van der Waals surface area contributed by atoms with Crippen LogP contribution in [0.15, 0.2) is 21.7 Å². The van der Waals surface area contributed by atoms with Crippen molar-refractivity contribution in [3.63, 3.8) is 0 Å². The topological polar surface area (TPSA) is 49.3 Å². The second-order valence-corrected chi connectivity index (χ2v) is 6.37. The summed E-state index contributed by atoms with van der Waals surface area (Å²) in [5.41, 5.74) is 0. The van der Waals surface area contributed by atoms with Crippen molar-refractivity contribution in [3.8, 4) is 0 Å². The Kier molecular flexibility index (Phi) is 6.62. The largest absolute Gasteiger partial charge is 0.396 e. The van der Waals surface area contributed by atoms with Gasteiger partial charge < -0.3 is 10.4 Å². The van der Waals surface area contributed by atoms with Crippen molar-refractivity contribution in [2.75, 3.05) is 12.4 Å². The van der Waals surface area contributed by atoms with E-state index in [-0.39, 0.29) is 18.6 Å². The van der Waals surface area contributed by atoms with Gasteiger partial charge in [-0.1, -0.05) is 19.9 Å². The number of nitrogens with one attached hydrogen (secondary N) is 1. The van der Waals surface area contributed by atoms with E-state index in [1.54, 1.807) is 23.1 Å². The highest BCUT2D eigenvalue weighted by Crippen LogP contribution is 2.22. The highest BCUT2D eigenvalue weighted by atomic mass is 32.2. The molecule has 1 amide bonds. The number of carbonyl (C=O) groups is 1. The highest BCUT2D eigenvalue weighted by molar-refractivity contribution is 8.01. The van der Waals surface area contributed by atoms with E-state index in [2.05, 4.69) is 5.32 Å². The molecule has 3 nitrogen and oxygen atoms in total. The Morgan fingerprint density at radius 2 is 2.35 bits per heavy atom. The minimum atomic E-state index is 0.0375. The minimum absolute atomic E-state index is 0.0375. The summed E-state index contributed by atoms with van der Waals surface area (Å²) in [6.07, 6.45) is 0.618. The van der Waals surface area contributed by atoms with Crippen LogP contribution in [0.4, 0.5) is 0 Å². The van der Waals surface area contributed by atoms with E-state index in [1.807, 2.05) is 31.4 Å². The Bertz CT molecular complexity index is 325. The molecule has 0 saturated carbocycles. The van der Waals surface area contributed by atoms with E-state index in [4.69, 9.17) is 5.11 Å². The molecule has 5 heteroatoms. The van der Waals surface area contributed by atoms with E-state index in [9.17, 15) is 4.79 Å². The zero-order chi connectivity index (χ0) is 12.7. The van der Waals surface area contributed by atoms with Gasteiger partial charge in [0.1, 0.15) is 0 Å². The Balaban J connectivity index is 2.32. The third-order valence-corrected chi connectivity index (χ3v) is 4.56. The van der Waals surface area contributed by atoms with Crippen LogP contribution in [0, 0.1) is 5.92 Å². The maximum atomic E-state index is 11.7. The minimum Gasteiger partial charge on any atom is -0.396 e. The first-order valence-electron chi connectivity index (χ1n) is 5.70. The summed E-state index contributed by atoms with van der Waals surface area (Å²) < 4.78 is 1.16. The second kappa shape index (κ2) is 7.74. The quantitative estimate of drug-likeness (QED) is 0.750. The molecule has 1 atom stereocenters. The summed E-state index contributed by atoms with van der Waals surface area (Å²) in [7, 11) is 0. The first kappa shape index (κ1) is 14.5. The number of thiophene rings is 1. The fraction of sp³-hybridized carbons (Fsp3) is 0.583. The summed E-state index contributed by atoms with van der Waals surface area (Å²) in [5.74, 6) is 0.822. The van der Waals surface area contributed by atoms with Crippen molar-refractivity contribution in [2.45, 2.75) is 30.5 Å². The van der Waals surface area contributed by atoms with Crippen molar-refractivity contribution < 1.29 is 9.90 Å². The summed E-state index contributed by atoms with van der Waals surface area (Å²) in [6, 6.07) is 4.06. The fourth-order valence-electron chi connectivity index (χ4n) is 1.44. The lowest BCUT2D eigenvalue weighted by Crippen LogP contribution is -2.40. The molecular weight excluding hydrogens is 254 g/mol. The van der Waals surface area contributed by atoms with Crippen molar-refractivity contribution in [2.24, 2.45) is 5.92 Å². The molecule has 0 saturated heterocycles. The molecule has 0 aliphatic heterocycles. The molecule has 2 N–H and O–H groups in total. The third kappa shape index (κ3) is 5.57. The van der Waals surface area contributed by atoms with Crippen molar-refractivity contribution in [3.05, 3.63) is 17.5 Å². The summed E-state index contributed by atoms with van der Waals surface area (Å²) in [6.45, 7) is 4.21. The van der Waals surface area contributed by atoms with Gasteiger partial charge in [-0.3, -0.25) is 4.79 Å². The first-order chi connectivity index (χ1) is 8.13. The van der Waals surface area contributed by atoms with Gasteiger partial charge in [-0.25, -0.2) is 0 Å². The van der Waals surface area contributed by atoms with Crippen LogP contribution in [0.2, 0.25) is 0 Å². The van der Waals surface area contributed by atoms with E-state index in [1.165, 1.54) is 0 Å². The molecule has 0 aromatic carbocycles. The van der Waals surface area contributed by atoms with Crippen LogP contribution in [0.3, 0.4) is 0 Å². The number of amides is 1. The van der Waals surface area contributed by atoms with Gasteiger partial charge in [0.25, 0.3) is 0 Å². The Morgan fingerprint density at radius 1 is 1.59 bits per heavy atom. The smallest absolute Gasteiger partial charge is 0.230 e. The SMILES string of the molecule is CC(C)C(CCO)NC(=O)CSc1cccs1. The average Bonchev–Trinajstić information content (AvgIpc) is 2.78. The molecule has 1 unspecified atom stereocenters. The van der Waals surface area contributed by atoms with Crippen LogP contribution in [-0.4, -0.2) is 29.4 Å². The van der Waals surface area contributed by atoms with Gasteiger partial charge in [-0.15, -0.1) is 23.1 Å². The standard InChI is InChI=1S/C12H19NO2S2/c1-9(2)10(5-6-14)13-11(15)8-17-12-4-3-7-16-12/h3-4,7,9-10,14H,5-6,8H2,1-2H3,(H,13,15). The Labute approximate surface area is 111 Å². The Morgan fingerprint density at radius 3 is 2.88 bits per heavy atom. The van der Waals surface area contributed by atoms with Gasteiger partial charge in [0.2, 0.25) is 5.91 Å². The van der Waals surface area contributed by atoms with Crippen molar-refractivity contribution in [1.82, 2.24) is 5.32 Å². The van der Waals surface area contributed by atoms with Gasteiger partial charge in [-0.2, -0.15) is 0 Å². The lowest BCUT2D eigenvalue weighted by Gasteiger charge is -2.21. The lowest BCUT2D eigenvalue weighted by atomic mass is 10.0. The van der Waals surface area contributed by atoms with E-state index < -0.39 is 0 Å². The number of hydrogen-bond acceptors (Lipinski definition) is 4. The van der Waals surface area contributed by atoms with Crippen LogP contribution in [0.25, 0.3) is 0 Å². The number of carbonyl (C=O) groups excluding carboxylic acids is 1. The predicted octanol–water partition coefficient (Wildman–Crippen LogP) is 2.36. The van der Waals surface area contributed by atoms with Crippen LogP contribution in [-0.2, 0) is 4.79 Å². The van der Waals surface area contributed by atoms with Crippen LogP contribution >= 0.6 is 23.1 Å². The number of aliphatic hydroxyl groups is 1. The zero-order valence-corrected chi connectivity index (χ0v) is 11.8. The van der Waals surface area contributed by atoms with Gasteiger partial charge >= 0.3 is 0 Å². The molecule has 0 fully saturated rings. The maximum Gasteiger partial charge on any atom is 0.230 e. The van der Waals surface area contributed by atoms with Crippen molar-refractivity contribution in [1.29, 1.82) is 0 Å². The molecule has 0 aliphatic carbocycles. The number of thioether (sulfide) groups is 1. The maximum absolute atomic E-state index is 11.7. The lowest BCUT2D eigenvalue weighted by molar-refractivity contribution is -0.119. The van der Waals surface area contributed by atoms with Gasteiger partial charge in [0.05, 0.1) is 9.96 Å². The molecule has 96 valence electrons. The molecule has 1 aromatic rings. The molecule has 1 heterocycles. The van der Waals surface area contributed by atoms with Gasteiger partial charge in [-0.05, 0) is 23.8 Å². The second-order valence-electron chi connectivity index (χ2n) is 4.15. The zero-order valence-electron chi connectivity index (χ0n) is 10.2. The summed E-state index contributed by atoms with van der Waals surface area (Å²) >= 11 is 3.19. The van der Waals surface area contributed by atoms with Crippen molar-refractivity contribution >= 4 is 29.0 Å². The molecular formula is C12H19NO2S2. The number of rotatable bonds is 7. The van der Waals surface area contributed by atoms with Crippen LogP contribution in [0.1, 0.15) is 20.3 Å². The van der Waals surface area contributed by atoms with E-state index in [0.29, 0.717) is 18.1 Å². The molecule has 0 bridgehead atoms. The normalized spacial score (nSPS) is 12.7. The monoisotopic (exact) mass is 273 g/mol. The predicted molar refractivity (Wildman–Crippen MR) is 73.5 cm³/mol. The molecule has 0 radical (unpaired) electrons. The fourth-order valence-corrected chi connectivity index (χ4v) is 3.04. The highest BCUT2D eigenvalue weighted by Gasteiger charge is 2.15. The summed E-state index contributed by atoms with van der Waals surface area (Å²) in [4.78, 5) is 11.7. The molecule has 0 aliphatic rings. The van der Waals surface area contributed by atoms with Crippen LogP contribution < -0.4 is 5.32 Å². The van der Waals surface area contributed by atoms with E-state index in [0.717, 1.165) is 4.21 Å². The molecule has 1 rings (SSSR count). The molecule has 1 aromatic heterocycles. The number of hydrogen-bond donors (Lipinski definition) is 2. The average molecular weight is 273 g/mol. The molecule has 0 spiro atoms. The summed E-state index contributed by atoms with van der Waals surface area (Å²) in [5, 5.41) is 13.9. The first-order valence-corrected chi connectivity index (χ1v) is 7.56.